The molecule has 0 bridgehead atoms. The van der Waals surface area contributed by atoms with Gasteiger partial charge in [-0.3, -0.25) is 0 Å². The van der Waals surface area contributed by atoms with E-state index in [0.717, 1.165) is 12.1 Å². The van der Waals surface area contributed by atoms with Crippen LogP contribution in [0.2, 0.25) is 0 Å². The Morgan fingerprint density at radius 2 is 1.82 bits per heavy atom. The lowest BCUT2D eigenvalue weighted by Crippen LogP contribution is -2.65. The third kappa shape index (κ3) is 3.62. The van der Waals surface area contributed by atoms with Gasteiger partial charge in [-0.1, -0.05) is 19.9 Å². The number of alkyl halides is 4. The zero-order chi connectivity index (χ0) is 25.4. The fourth-order valence-electron chi connectivity index (χ4n) is 5.16. The van der Waals surface area contributed by atoms with Crippen LogP contribution in [0.25, 0.3) is 10.9 Å². The predicted octanol–water partition coefficient (Wildman–Crippen LogP) is 5.87. The van der Waals surface area contributed by atoms with Crippen LogP contribution in [0.5, 0.6) is 0 Å². The lowest BCUT2D eigenvalue weighted by Gasteiger charge is -2.54. The van der Waals surface area contributed by atoms with Crippen molar-refractivity contribution in [2.75, 3.05) is 5.32 Å². The van der Waals surface area contributed by atoms with Gasteiger partial charge >= 0.3 is 6.18 Å². The van der Waals surface area contributed by atoms with Crippen molar-refractivity contribution >= 4 is 28.2 Å². The summed E-state index contributed by atoms with van der Waals surface area (Å²) in [6.07, 6.45) is -3.61. The molecule has 4 atom stereocenters. The molecule has 34 heavy (non-hydrogen) atoms. The van der Waals surface area contributed by atoms with E-state index < -0.39 is 57.9 Å². The van der Waals surface area contributed by atoms with Crippen LogP contribution in [0.1, 0.15) is 33.0 Å². The van der Waals surface area contributed by atoms with Gasteiger partial charge in [0.1, 0.15) is 27.8 Å². The fourth-order valence-corrected chi connectivity index (χ4v) is 5.39. The van der Waals surface area contributed by atoms with Crippen LogP contribution in [-0.2, 0) is 0 Å². The summed E-state index contributed by atoms with van der Waals surface area (Å²) in [5, 5.41) is 24.6. The van der Waals surface area contributed by atoms with Gasteiger partial charge in [0.05, 0.1) is 6.04 Å². The second-order valence-electron chi connectivity index (χ2n) is 9.79. The SMILES string of the molecule is Cc1ncc2c(NC3C4=CC(C)(Cl)C(F)=C(O)C4C(C)(C)CC3(O)C(F)(F)F)ccc(F)c2n1. The van der Waals surface area contributed by atoms with Crippen LogP contribution in [0.4, 0.5) is 27.6 Å². The maximum atomic E-state index is 14.8. The molecule has 5 nitrogen and oxygen atoms in total. The lowest BCUT2D eigenvalue weighted by molar-refractivity contribution is -0.280. The fraction of sp³-hybridized carbons (Fsp3) is 0.478. The number of anilines is 1. The Bertz CT molecular complexity index is 1240. The van der Waals surface area contributed by atoms with E-state index in [9.17, 15) is 32.2 Å². The van der Waals surface area contributed by atoms with E-state index >= 15 is 0 Å². The number of benzene rings is 1. The van der Waals surface area contributed by atoms with Gasteiger partial charge in [0.15, 0.2) is 11.4 Å². The number of halogens is 6. The summed E-state index contributed by atoms with van der Waals surface area (Å²) >= 11 is 6.21. The molecular weight excluding hydrogens is 481 g/mol. The van der Waals surface area contributed by atoms with Crippen molar-refractivity contribution in [3.05, 3.63) is 53.2 Å². The highest BCUT2D eigenvalue weighted by atomic mass is 35.5. The number of aliphatic hydroxyl groups is 2. The Balaban J connectivity index is 1.95. The van der Waals surface area contributed by atoms with E-state index in [2.05, 4.69) is 15.3 Å². The summed E-state index contributed by atoms with van der Waals surface area (Å²) in [4.78, 5) is 6.09. The standard InChI is InChI=1S/C23H23ClF5N3O2/c1-10-30-8-12-14(6-5-13(25)16(12)31-10)32-19-11-7-21(4,24)18(26)17(33)15(11)20(2,3)9-22(19,34)23(27,28)29/h5-8,15,19,32-34H,9H2,1-4H3. The summed E-state index contributed by atoms with van der Waals surface area (Å²) in [5.74, 6) is -3.48. The molecule has 1 fully saturated rings. The van der Waals surface area contributed by atoms with Gasteiger partial charge in [0.2, 0.25) is 0 Å². The van der Waals surface area contributed by atoms with Crippen molar-refractivity contribution < 1.29 is 32.2 Å². The van der Waals surface area contributed by atoms with Gasteiger partial charge in [-0.15, -0.1) is 11.6 Å². The molecule has 1 heterocycles. The van der Waals surface area contributed by atoms with E-state index in [1.165, 1.54) is 40.0 Å². The van der Waals surface area contributed by atoms with Gasteiger partial charge in [-0.2, -0.15) is 13.2 Å². The van der Waals surface area contributed by atoms with Crippen molar-refractivity contribution in [1.82, 2.24) is 9.97 Å². The van der Waals surface area contributed by atoms with Crippen LogP contribution in [-0.4, -0.2) is 42.9 Å². The molecule has 2 aromatic rings. The number of aryl methyl sites for hydroxylation is 1. The molecule has 0 amide bonds. The molecular formula is C23H23ClF5N3O2. The number of aliphatic hydroxyl groups excluding tert-OH is 1. The third-order valence-electron chi connectivity index (χ3n) is 6.63. The molecule has 11 heteroatoms. The first-order chi connectivity index (χ1) is 15.5. The number of rotatable bonds is 2. The van der Waals surface area contributed by atoms with Gasteiger partial charge < -0.3 is 15.5 Å². The number of allylic oxidation sites excluding steroid dienone is 3. The zero-order valence-electron chi connectivity index (χ0n) is 18.7. The molecule has 2 aliphatic rings. The van der Waals surface area contributed by atoms with Crippen LogP contribution in [0.3, 0.4) is 0 Å². The van der Waals surface area contributed by atoms with E-state index in [-0.39, 0.29) is 28.0 Å². The number of nitrogens with zero attached hydrogens (tertiary/aromatic N) is 2. The normalized spacial score (nSPS) is 31.3. The summed E-state index contributed by atoms with van der Waals surface area (Å²) < 4.78 is 72.4. The van der Waals surface area contributed by atoms with E-state index in [1.807, 2.05) is 0 Å². The largest absolute Gasteiger partial charge is 0.509 e. The first-order valence-corrected chi connectivity index (χ1v) is 10.9. The molecule has 0 saturated heterocycles. The molecule has 1 aromatic carbocycles. The van der Waals surface area contributed by atoms with Crippen LogP contribution in [0.15, 0.2) is 41.6 Å². The summed E-state index contributed by atoms with van der Waals surface area (Å²) in [6, 6.07) is 0.363. The smallest absolute Gasteiger partial charge is 0.419 e. The third-order valence-corrected chi connectivity index (χ3v) is 6.90. The summed E-state index contributed by atoms with van der Waals surface area (Å²) in [6.45, 7) is 5.54. The first-order valence-electron chi connectivity index (χ1n) is 10.5. The van der Waals surface area contributed by atoms with Gasteiger partial charge in [0, 0.05) is 23.2 Å². The van der Waals surface area contributed by atoms with Gasteiger partial charge in [-0.25, -0.2) is 18.7 Å². The van der Waals surface area contributed by atoms with Crippen LogP contribution in [0, 0.1) is 24.1 Å². The average molecular weight is 504 g/mol. The topological polar surface area (TPSA) is 78.3 Å². The molecule has 2 aliphatic carbocycles. The molecule has 1 saturated carbocycles. The maximum Gasteiger partial charge on any atom is 0.419 e. The Morgan fingerprint density at radius 1 is 1.18 bits per heavy atom. The maximum absolute atomic E-state index is 14.8. The second-order valence-corrected chi connectivity index (χ2v) is 10.6. The summed E-state index contributed by atoms with van der Waals surface area (Å²) in [7, 11) is 0. The van der Waals surface area contributed by atoms with Crippen molar-refractivity contribution in [2.24, 2.45) is 11.3 Å². The van der Waals surface area contributed by atoms with Crippen LogP contribution < -0.4 is 5.32 Å². The Hall–Kier alpha value is -2.46. The summed E-state index contributed by atoms with van der Waals surface area (Å²) in [5.41, 5.74) is -4.94. The Morgan fingerprint density at radius 3 is 2.44 bits per heavy atom. The average Bonchev–Trinajstić information content (AvgIpc) is 2.69. The van der Waals surface area contributed by atoms with Crippen molar-refractivity contribution in [3.8, 4) is 0 Å². The lowest BCUT2D eigenvalue weighted by atomic mass is 9.56. The molecule has 184 valence electrons. The number of hydrogen-bond donors (Lipinski definition) is 3. The molecule has 4 rings (SSSR count). The van der Waals surface area contributed by atoms with E-state index in [0.29, 0.717) is 0 Å². The number of hydrogen-bond acceptors (Lipinski definition) is 5. The Labute approximate surface area is 197 Å². The van der Waals surface area contributed by atoms with Crippen molar-refractivity contribution in [3.63, 3.8) is 0 Å². The molecule has 0 radical (unpaired) electrons. The number of fused-ring (bicyclic) bond motifs is 2. The minimum Gasteiger partial charge on any atom is -0.509 e. The molecule has 1 aromatic heterocycles. The van der Waals surface area contributed by atoms with E-state index in [1.54, 1.807) is 0 Å². The molecule has 0 aliphatic heterocycles. The molecule has 0 spiro atoms. The highest BCUT2D eigenvalue weighted by molar-refractivity contribution is 6.27. The zero-order valence-corrected chi connectivity index (χ0v) is 19.5. The second kappa shape index (κ2) is 7.52. The first kappa shape index (κ1) is 24.7. The quantitative estimate of drug-likeness (QED) is 0.271. The monoisotopic (exact) mass is 503 g/mol. The highest BCUT2D eigenvalue weighted by Crippen LogP contribution is 2.59. The predicted molar refractivity (Wildman–Crippen MR) is 118 cm³/mol. The highest BCUT2D eigenvalue weighted by Gasteiger charge is 2.67. The van der Waals surface area contributed by atoms with Crippen LogP contribution >= 0.6 is 11.6 Å². The minimum absolute atomic E-state index is 0.0224. The molecule has 4 unspecified atom stereocenters. The van der Waals surface area contributed by atoms with E-state index in [4.69, 9.17) is 11.6 Å². The van der Waals surface area contributed by atoms with Gasteiger partial charge in [-0.05, 0) is 43.4 Å². The minimum atomic E-state index is -5.12. The van der Waals surface area contributed by atoms with Crippen molar-refractivity contribution in [1.29, 1.82) is 0 Å². The van der Waals surface area contributed by atoms with Gasteiger partial charge in [0.25, 0.3) is 0 Å². The number of aromatic nitrogens is 2. The number of nitrogens with one attached hydrogen (secondary N) is 1. The Kier molecular flexibility index (Phi) is 5.45. The van der Waals surface area contributed by atoms with Crippen molar-refractivity contribution in [2.45, 2.75) is 56.8 Å². The molecule has 3 N–H and O–H groups in total.